The van der Waals surface area contributed by atoms with Crippen LogP contribution in [0, 0.1) is 20.8 Å². The van der Waals surface area contributed by atoms with Crippen molar-refractivity contribution in [3.05, 3.63) is 82.1 Å². The van der Waals surface area contributed by atoms with Crippen molar-refractivity contribution in [2.45, 2.75) is 40.2 Å². The standard InChI is InChI=1S/C23H24N4O2/c1-14-9-10-15(2)23-22(14)18(16(3)25-23)12-20(28)24-13-21-26-19(27-29-21)11-17-7-5-4-6-8-17/h4-10,25H,11-13H2,1-3H3,(H,24,28). The normalized spacial score (nSPS) is 11.1. The summed E-state index contributed by atoms with van der Waals surface area (Å²) in [5, 5.41) is 8.03. The lowest BCUT2D eigenvalue weighted by Crippen LogP contribution is -2.25. The molecule has 0 bridgehead atoms. The number of H-pyrrole nitrogens is 1. The van der Waals surface area contributed by atoms with Crippen LogP contribution in [-0.4, -0.2) is 21.0 Å². The molecular formula is C23H24N4O2. The Labute approximate surface area is 169 Å². The third kappa shape index (κ3) is 4.06. The predicted molar refractivity (Wildman–Crippen MR) is 112 cm³/mol. The molecule has 0 fully saturated rings. The average Bonchev–Trinajstić information content (AvgIpc) is 3.29. The van der Waals surface area contributed by atoms with Gasteiger partial charge in [0.15, 0.2) is 5.82 Å². The zero-order valence-electron chi connectivity index (χ0n) is 16.9. The lowest BCUT2D eigenvalue weighted by atomic mass is 10.0. The van der Waals surface area contributed by atoms with Gasteiger partial charge in [0.1, 0.15) is 0 Å². The Morgan fingerprint density at radius 3 is 2.62 bits per heavy atom. The highest BCUT2D eigenvalue weighted by atomic mass is 16.5. The number of nitrogens with one attached hydrogen (secondary N) is 2. The van der Waals surface area contributed by atoms with Crippen molar-refractivity contribution in [2.75, 3.05) is 0 Å². The number of amides is 1. The first kappa shape index (κ1) is 18.9. The summed E-state index contributed by atoms with van der Waals surface area (Å²) >= 11 is 0. The summed E-state index contributed by atoms with van der Waals surface area (Å²) in [4.78, 5) is 20.3. The van der Waals surface area contributed by atoms with Gasteiger partial charge < -0.3 is 14.8 Å². The van der Waals surface area contributed by atoms with E-state index < -0.39 is 0 Å². The van der Waals surface area contributed by atoms with Crippen LogP contribution in [0.2, 0.25) is 0 Å². The van der Waals surface area contributed by atoms with Crippen molar-refractivity contribution in [2.24, 2.45) is 0 Å². The third-order valence-electron chi connectivity index (χ3n) is 5.18. The number of aromatic amines is 1. The highest BCUT2D eigenvalue weighted by Crippen LogP contribution is 2.28. The minimum Gasteiger partial charge on any atom is -0.358 e. The molecule has 4 aromatic rings. The molecule has 29 heavy (non-hydrogen) atoms. The van der Waals surface area contributed by atoms with E-state index in [4.69, 9.17) is 4.52 Å². The van der Waals surface area contributed by atoms with Crippen LogP contribution in [0.1, 0.15) is 39.7 Å². The number of hydrogen-bond acceptors (Lipinski definition) is 4. The zero-order valence-corrected chi connectivity index (χ0v) is 16.9. The van der Waals surface area contributed by atoms with E-state index in [-0.39, 0.29) is 12.5 Å². The van der Waals surface area contributed by atoms with Crippen molar-refractivity contribution < 1.29 is 9.32 Å². The topological polar surface area (TPSA) is 83.8 Å². The molecule has 2 N–H and O–H groups in total. The highest BCUT2D eigenvalue weighted by Gasteiger charge is 2.16. The SMILES string of the molecule is Cc1[nH]c2c(C)ccc(C)c2c1CC(=O)NCc1nc(Cc2ccccc2)no1. The Morgan fingerprint density at radius 2 is 1.83 bits per heavy atom. The zero-order chi connectivity index (χ0) is 20.4. The second-order valence-corrected chi connectivity index (χ2v) is 7.40. The van der Waals surface area contributed by atoms with E-state index in [9.17, 15) is 4.79 Å². The summed E-state index contributed by atoms with van der Waals surface area (Å²) in [5.74, 6) is 0.948. The molecule has 2 heterocycles. The lowest BCUT2D eigenvalue weighted by molar-refractivity contribution is -0.120. The molecule has 6 heteroatoms. The van der Waals surface area contributed by atoms with E-state index in [1.54, 1.807) is 0 Å². The Bertz CT molecular complexity index is 1160. The quantitative estimate of drug-likeness (QED) is 0.524. The van der Waals surface area contributed by atoms with Gasteiger partial charge >= 0.3 is 0 Å². The minimum absolute atomic E-state index is 0.0716. The number of benzene rings is 2. The van der Waals surface area contributed by atoms with Gasteiger partial charge in [-0.3, -0.25) is 4.79 Å². The van der Waals surface area contributed by atoms with Crippen molar-refractivity contribution in [1.82, 2.24) is 20.4 Å². The second kappa shape index (κ2) is 7.91. The Kier molecular flexibility index (Phi) is 5.16. The molecule has 2 aromatic heterocycles. The molecule has 0 aliphatic rings. The van der Waals surface area contributed by atoms with E-state index in [1.807, 2.05) is 37.3 Å². The van der Waals surface area contributed by atoms with Gasteiger partial charge in [-0.15, -0.1) is 0 Å². The summed E-state index contributed by atoms with van der Waals surface area (Å²) in [5.41, 5.74) is 6.62. The number of nitrogens with zero attached hydrogens (tertiary/aromatic N) is 2. The van der Waals surface area contributed by atoms with Crippen LogP contribution in [0.15, 0.2) is 47.0 Å². The smallest absolute Gasteiger partial charge is 0.246 e. The van der Waals surface area contributed by atoms with Crippen LogP contribution in [0.4, 0.5) is 0 Å². The Hall–Kier alpha value is -3.41. The summed E-state index contributed by atoms with van der Waals surface area (Å²) in [6.07, 6.45) is 0.909. The van der Waals surface area contributed by atoms with Gasteiger partial charge in [-0.2, -0.15) is 4.98 Å². The number of rotatable bonds is 6. The molecule has 2 aromatic carbocycles. The molecule has 0 radical (unpaired) electrons. The fourth-order valence-corrected chi connectivity index (χ4v) is 3.64. The van der Waals surface area contributed by atoms with Gasteiger partial charge in [0, 0.05) is 23.0 Å². The number of carbonyl (C=O) groups is 1. The number of fused-ring (bicyclic) bond motifs is 1. The molecule has 1 amide bonds. The number of aryl methyl sites for hydroxylation is 3. The lowest BCUT2D eigenvalue weighted by Gasteiger charge is -2.05. The number of carbonyl (C=O) groups excluding carboxylic acids is 1. The van der Waals surface area contributed by atoms with Gasteiger partial charge in [0.25, 0.3) is 0 Å². The molecule has 4 rings (SSSR count). The second-order valence-electron chi connectivity index (χ2n) is 7.40. The van der Waals surface area contributed by atoms with Gasteiger partial charge in [-0.05, 0) is 43.0 Å². The predicted octanol–water partition coefficient (Wildman–Crippen LogP) is 3.93. The first-order valence-corrected chi connectivity index (χ1v) is 9.70. The maximum atomic E-state index is 12.6. The van der Waals surface area contributed by atoms with Gasteiger partial charge in [-0.25, -0.2) is 0 Å². The summed E-state index contributed by atoms with van der Waals surface area (Å²) in [6.45, 7) is 6.38. The van der Waals surface area contributed by atoms with Crippen LogP contribution in [0.5, 0.6) is 0 Å². The van der Waals surface area contributed by atoms with E-state index in [1.165, 1.54) is 11.1 Å². The largest absolute Gasteiger partial charge is 0.358 e. The van der Waals surface area contributed by atoms with Crippen molar-refractivity contribution in [3.8, 4) is 0 Å². The van der Waals surface area contributed by atoms with Crippen molar-refractivity contribution >= 4 is 16.8 Å². The summed E-state index contributed by atoms with van der Waals surface area (Å²) in [7, 11) is 0. The van der Waals surface area contributed by atoms with Crippen LogP contribution in [0.25, 0.3) is 10.9 Å². The molecule has 6 nitrogen and oxygen atoms in total. The van der Waals surface area contributed by atoms with Gasteiger partial charge in [-0.1, -0.05) is 47.6 Å². The van der Waals surface area contributed by atoms with Crippen molar-refractivity contribution in [3.63, 3.8) is 0 Å². The van der Waals surface area contributed by atoms with E-state index in [0.29, 0.717) is 24.6 Å². The molecule has 0 saturated carbocycles. The molecule has 0 aliphatic carbocycles. The number of hydrogen-bond donors (Lipinski definition) is 2. The fraction of sp³-hybridized carbons (Fsp3) is 0.261. The molecule has 0 atom stereocenters. The highest BCUT2D eigenvalue weighted by molar-refractivity contribution is 5.93. The first-order chi connectivity index (χ1) is 14.0. The van der Waals surface area contributed by atoms with E-state index >= 15 is 0 Å². The third-order valence-corrected chi connectivity index (χ3v) is 5.18. The molecule has 0 unspecified atom stereocenters. The molecule has 0 spiro atoms. The fourth-order valence-electron chi connectivity index (χ4n) is 3.64. The Balaban J connectivity index is 1.41. The summed E-state index contributed by atoms with van der Waals surface area (Å²) in [6, 6.07) is 14.2. The molecule has 0 aliphatic heterocycles. The monoisotopic (exact) mass is 388 g/mol. The maximum Gasteiger partial charge on any atom is 0.246 e. The Morgan fingerprint density at radius 1 is 1.07 bits per heavy atom. The molecule has 0 saturated heterocycles. The molecule has 148 valence electrons. The van der Waals surface area contributed by atoms with Crippen LogP contribution in [0.3, 0.4) is 0 Å². The maximum absolute atomic E-state index is 12.6. The van der Waals surface area contributed by atoms with E-state index in [0.717, 1.165) is 27.7 Å². The van der Waals surface area contributed by atoms with Gasteiger partial charge in [0.2, 0.25) is 11.8 Å². The minimum atomic E-state index is -0.0716. The number of aromatic nitrogens is 3. The molecular weight excluding hydrogens is 364 g/mol. The average molecular weight is 388 g/mol. The van der Waals surface area contributed by atoms with Crippen LogP contribution >= 0.6 is 0 Å². The summed E-state index contributed by atoms with van der Waals surface area (Å²) < 4.78 is 5.27. The first-order valence-electron chi connectivity index (χ1n) is 9.70. The van der Waals surface area contributed by atoms with Gasteiger partial charge in [0.05, 0.1) is 13.0 Å². The van der Waals surface area contributed by atoms with E-state index in [2.05, 4.69) is 46.4 Å². The van der Waals surface area contributed by atoms with Crippen LogP contribution in [-0.2, 0) is 24.2 Å². The van der Waals surface area contributed by atoms with Crippen molar-refractivity contribution in [1.29, 1.82) is 0 Å². The van der Waals surface area contributed by atoms with Crippen LogP contribution < -0.4 is 5.32 Å².